The SMILES string of the molecule is C[C@@H]1C[C@@H]2[C@H]3CCC4=CC(=O)C=C[C@]4(C)[C@@]3(F)[C@@H](O)C[C@]2(C)[C@@]1(O)C(=O)COP(=O)(O)O. The fourth-order valence-corrected chi connectivity index (χ4v) is 7.68. The molecule has 4 aliphatic rings. The molecule has 4 aliphatic carbocycles. The molecule has 0 bridgehead atoms. The Morgan fingerprint density at radius 2 is 1.97 bits per heavy atom. The fourth-order valence-electron chi connectivity index (χ4n) is 7.39. The standard InChI is InChI=1S/C22H30FO8P/c1-12-8-16-15-5-4-13-9-14(24)6-7-19(13,2)21(15,23)17(25)10-20(16,3)22(12,27)18(26)11-31-32(28,29)30/h6-7,9,12,15-17,25,27H,4-5,8,10-11H2,1-3H3,(H2,28,29,30)/t12-,15-,16-,17+,19+,20+,21+,22+/m1/s1. The number of ketones is 2. The van der Waals surface area contributed by atoms with Gasteiger partial charge in [-0.25, -0.2) is 8.96 Å². The van der Waals surface area contributed by atoms with Gasteiger partial charge in [0.1, 0.15) is 12.2 Å². The number of hydrogen-bond donors (Lipinski definition) is 4. The van der Waals surface area contributed by atoms with Crippen molar-refractivity contribution in [2.24, 2.45) is 28.6 Å². The molecule has 0 heterocycles. The molecule has 3 fully saturated rings. The molecule has 32 heavy (non-hydrogen) atoms. The summed E-state index contributed by atoms with van der Waals surface area (Å²) in [6, 6.07) is 0. The van der Waals surface area contributed by atoms with E-state index in [2.05, 4.69) is 4.52 Å². The second kappa shape index (κ2) is 7.14. The van der Waals surface area contributed by atoms with E-state index in [4.69, 9.17) is 9.79 Å². The van der Waals surface area contributed by atoms with Gasteiger partial charge < -0.3 is 20.0 Å². The lowest BCUT2D eigenvalue weighted by molar-refractivity contribution is -0.219. The van der Waals surface area contributed by atoms with E-state index < -0.39 is 66.2 Å². The normalized spacial score (nSPS) is 48.0. The highest BCUT2D eigenvalue weighted by Crippen LogP contribution is 2.70. The Labute approximate surface area is 185 Å². The third kappa shape index (κ3) is 2.95. The molecule has 4 rings (SSSR count). The lowest BCUT2D eigenvalue weighted by Gasteiger charge is -2.62. The van der Waals surface area contributed by atoms with Crippen molar-refractivity contribution in [2.45, 2.75) is 63.8 Å². The summed E-state index contributed by atoms with van der Waals surface area (Å²) in [7, 11) is -4.93. The van der Waals surface area contributed by atoms with Gasteiger partial charge in [-0.05, 0) is 56.6 Å². The van der Waals surface area contributed by atoms with Crippen molar-refractivity contribution in [1.82, 2.24) is 0 Å². The van der Waals surface area contributed by atoms with Crippen LogP contribution in [0.5, 0.6) is 0 Å². The van der Waals surface area contributed by atoms with Crippen LogP contribution in [-0.2, 0) is 18.7 Å². The van der Waals surface area contributed by atoms with E-state index in [-0.39, 0.29) is 12.2 Å². The fraction of sp³-hybridized carbons (Fsp3) is 0.727. The highest BCUT2D eigenvalue weighted by atomic mass is 31.2. The molecular formula is C22H30FO8P. The summed E-state index contributed by atoms with van der Waals surface area (Å²) in [4.78, 5) is 42.8. The van der Waals surface area contributed by atoms with Crippen LogP contribution in [0.2, 0.25) is 0 Å². The van der Waals surface area contributed by atoms with Gasteiger partial charge in [-0.2, -0.15) is 0 Å². The molecule has 4 N–H and O–H groups in total. The number of fused-ring (bicyclic) bond motifs is 5. The van der Waals surface area contributed by atoms with Gasteiger partial charge in [-0.3, -0.25) is 14.1 Å². The lowest BCUT2D eigenvalue weighted by atomic mass is 9.44. The first-order valence-electron chi connectivity index (χ1n) is 10.9. The number of aliphatic hydroxyl groups excluding tert-OH is 1. The first-order valence-corrected chi connectivity index (χ1v) is 12.4. The molecule has 0 unspecified atom stereocenters. The molecule has 178 valence electrons. The molecule has 0 aliphatic heterocycles. The van der Waals surface area contributed by atoms with E-state index in [0.29, 0.717) is 24.8 Å². The zero-order chi connectivity index (χ0) is 23.9. The van der Waals surface area contributed by atoms with E-state index in [0.717, 1.165) is 0 Å². The molecule has 0 saturated heterocycles. The maximum absolute atomic E-state index is 17.0. The van der Waals surface area contributed by atoms with Crippen LogP contribution in [0.3, 0.4) is 0 Å². The Morgan fingerprint density at radius 3 is 2.59 bits per heavy atom. The van der Waals surface area contributed by atoms with Crippen LogP contribution in [-0.4, -0.2) is 55.5 Å². The predicted molar refractivity (Wildman–Crippen MR) is 111 cm³/mol. The van der Waals surface area contributed by atoms with Crippen molar-refractivity contribution in [3.63, 3.8) is 0 Å². The van der Waals surface area contributed by atoms with Crippen LogP contribution in [0.15, 0.2) is 23.8 Å². The maximum atomic E-state index is 17.0. The number of aliphatic hydroxyl groups is 2. The van der Waals surface area contributed by atoms with Crippen molar-refractivity contribution < 1.29 is 43.1 Å². The Bertz CT molecular complexity index is 973. The number of rotatable bonds is 4. The number of halogens is 1. The van der Waals surface area contributed by atoms with Crippen LogP contribution in [0.4, 0.5) is 4.39 Å². The molecular weight excluding hydrogens is 442 g/mol. The van der Waals surface area contributed by atoms with Crippen molar-refractivity contribution in [3.8, 4) is 0 Å². The number of phosphoric acid groups is 1. The number of phosphoric ester groups is 1. The average molecular weight is 472 g/mol. The number of allylic oxidation sites excluding steroid dienone is 4. The van der Waals surface area contributed by atoms with E-state index in [1.165, 1.54) is 18.2 Å². The first-order chi connectivity index (χ1) is 14.6. The summed E-state index contributed by atoms with van der Waals surface area (Å²) < 4.78 is 32.5. The summed E-state index contributed by atoms with van der Waals surface area (Å²) in [6.07, 6.45) is 3.70. The summed E-state index contributed by atoms with van der Waals surface area (Å²) in [5, 5.41) is 22.8. The zero-order valence-electron chi connectivity index (χ0n) is 18.3. The van der Waals surface area contributed by atoms with Gasteiger partial charge >= 0.3 is 7.82 Å². The third-order valence-electron chi connectivity index (χ3n) is 9.01. The van der Waals surface area contributed by atoms with E-state index in [9.17, 15) is 24.4 Å². The number of alkyl halides is 1. The monoisotopic (exact) mass is 472 g/mol. The van der Waals surface area contributed by atoms with Crippen LogP contribution in [0.1, 0.15) is 46.5 Å². The van der Waals surface area contributed by atoms with E-state index in [1.54, 1.807) is 20.8 Å². The van der Waals surface area contributed by atoms with Crippen LogP contribution < -0.4 is 0 Å². The molecule has 0 radical (unpaired) electrons. The number of carbonyl (C=O) groups excluding carboxylic acids is 2. The molecule has 8 nitrogen and oxygen atoms in total. The van der Waals surface area contributed by atoms with Gasteiger partial charge in [0.2, 0.25) is 0 Å². The average Bonchev–Trinajstić information content (AvgIpc) is 2.89. The van der Waals surface area contributed by atoms with Crippen LogP contribution in [0, 0.1) is 28.6 Å². The topological polar surface area (TPSA) is 141 Å². The Hall–Kier alpha value is -1.22. The highest BCUT2D eigenvalue weighted by molar-refractivity contribution is 7.46. The highest BCUT2D eigenvalue weighted by Gasteiger charge is 2.75. The minimum atomic E-state index is -4.93. The molecule has 0 aromatic heterocycles. The van der Waals surface area contributed by atoms with Crippen molar-refractivity contribution in [1.29, 1.82) is 0 Å². The maximum Gasteiger partial charge on any atom is 0.470 e. The van der Waals surface area contributed by atoms with Gasteiger partial charge in [0.15, 0.2) is 17.2 Å². The van der Waals surface area contributed by atoms with Crippen molar-refractivity contribution >= 4 is 19.4 Å². The summed E-state index contributed by atoms with van der Waals surface area (Å²) in [5.74, 6) is -2.87. The number of hydrogen-bond acceptors (Lipinski definition) is 6. The molecule has 0 aromatic rings. The minimum Gasteiger partial charge on any atom is -0.390 e. The predicted octanol–water partition coefficient (Wildman–Crippen LogP) is 2.01. The van der Waals surface area contributed by atoms with E-state index >= 15 is 4.39 Å². The lowest BCUT2D eigenvalue weighted by Crippen LogP contribution is -2.69. The molecule has 10 heteroatoms. The molecule has 0 amide bonds. The van der Waals surface area contributed by atoms with Crippen LogP contribution in [0.25, 0.3) is 0 Å². The summed E-state index contributed by atoms with van der Waals surface area (Å²) in [6.45, 7) is 4.00. The smallest absolute Gasteiger partial charge is 0.390 e. The van der Waals surface area contributed by atoms with Gasteiger partial charge in [0, 0.05) is 16.7 Å². The van der Waals surface area contributed by atoms with Crippen molar-refractivity contribution in [3.05, 3.63) is 23.8 Å². The van der Waals surface area contributed by atoms with Gasteiger partial charge in [-0.1, -0.05) is 25.5 Å². The van der Waals surface area contributed by atoms with Gasteiger partial charge in [0.25, 0.3) is 0 Å². The molecule has 3 saturated carbocycles. The first kappa shape index (κ1) is 23.9. The minimum absolute atomic E-state index is 0.211. The Balaban J connectivity index is 1.74. The summed E-state index contributed by atoms with van der Waals surface area (Å²) >= 11 is 0. The second-order valence-electron chi connectivity index (χ2n) is 10.4. The summed E-state index contributed by atoms with van der Waals surface area (Å²) in [5.41, 5.74) is -5.88. The van der Waals surface area contributed by atoms with Gasteiger partial charge in [-0.15, -0.1) is 0 Å². The molecule has 0 spiro atoms. The van der Waals surface area contributed by atoms with Gasteiger partial charge in [0.05, 0.1) is 6.10 Å². The third-order valence-corrected chi connectivity index (χ3v) is 9.48. The zero-order valence-corrected chi connectivity index (χ0v) is 19.2. The molecule has 8 atom stereocenters. The van der Waals surface area contributed by atoms with E-state index in [1.807, 2.05) is 0 Å². The van der Waals surface area contributed by atoms with Crippen molar-refractivity contribution in [2.75, 3.05) is 6.61 Å². The Morgan fingerprint density at radius 1 is 1.31 bits per heavy atom. The second-order valence-corrected chi connectivity index (χ2v) is 11.6. The molecule has 0 aromatic carbocycles. The largest absolute Gasteiger partial charge is 0.470 e. The Kier molecular flexibility index (Phi) is 5.34. The number of carbonyl (C=O) groups is 2. The number of Topliss-reactive ketones (excluding diaryl/α,β-unsaturated/α-hetero) is 1. The quantitative estimate of drug-likeness (QED) is 0.456. The van der Waals surface area contributed by atoms with Crippen LogP contribution >= 0.6 is 7.82 Å².